The number of fused-ring (bicyclic) bond motifs is 1. The van der Waals surface area contributed by atoms with Crippen molar-refractivity contribution >= 4 is 34.7 Å². The van der Waals surface area contributed by atoms with E-state index in [0.29, 0.717) is 17.4 Å². The zero-order chi connectivity index (χ0) is 22.5. The normalized spacial score (nSPS) is 21.7. The van der Waals surface area contributed by atoms with Gasteiger partial charge < -0.3 is 4.90 Å². The van der Waals surface area contributed by atoms with E-state index in [0.717, 1.165) is 40.4 Å². The molecular formula is C26H30N2O2S. The van der Waals surface area contributed by atoms with Gasteiger partial charge >= 0.3 is 0 Å². The summed E-state index contributed by atoms with van der Waals surface area (Å²) in [4.78, 5) is 29.8. The molecule has 2 aromatic carbocycles. The Bertz CT molecular complexity index is 1090. The topological polar surface area (TPSA) is 40.6 Å². The fourth-order valence-electron chi connectivity index (χ4n) is 4.54. The summed E-state index contributed by atoms with van der Waals surface area (Å²) in [7, 11) is 2.15. The van der Waals surface area contributed by atoms with E-state index in [-0.39, 0.29) is 16.7 Å². The Morgan fingerprint density at radius 3 is 2.48 bits per heavy atom. The minimum absolute atomic E-state index is 0.110. The molecule has 0 aromatic heterocycles. The summed E-state index contributed by atoms with van der Waals surface area (Å²) < 4.78 is 0. The van der Waals surface area contributed by atoms with Gasteiger partial charge in [-0.2, -0.15) is 0 Å². The van der Waals surface area contributed by atoms with Crippen molar-refractivity contribution in [2.24, 2.45) is 0 Å². The molecule has 0 spiro atoms. The van der Waals surface area contributed by atoms with Crippen LogP contribution in [0.1, 0.15) is 60.9 Å². The first-order chi connectivity index (χ1) is 14.6. The van der Waals surface area contributed by atoms with Gasteiger partial charge in [0.2, 0.25) is 0 Å². The van der Waals surface area contributed by atoms with Crippen molar-refractivity contribution in [3.05, 3.63) is 69.1 Å². The number of rotatable bonds is 3. The van der Waals surface area contributed by atoms with E-state index in [2.05, 4.69) is 51.8 Å². The van der Waals surface area contributed by atoms with Crippen LogP contribution in [0.4, 0.5) is 10.5 Å². The van der Waals surface area contributed by atoms with Gasteiger partial charge in [-0.05, 0) is 92.3 Å². The van der Waals surface area contributed by atoms with Crippen LogP contribution in [0.15, 0.2) is 41.3 Å². The van der Waals surface area contributed by atoms with E-state index in [4.69, 9.17) is 0 Å². The second kappa shape index (κ2) is 7.86. The van der Waals surface area contributed by atoms with Crippen LogP contribution in [0.3, 0.4) is 0 Å². The minimum atomic E-state index is -0.209. The predicted octanol–water partition coefficient (Wildman–Crippen LogP) is 6.26. The SMILES string of the molecule is Cc1ccc(CN2C(=O)S/C(=C\c3cc4c(cc3C)N(C)C(C)(C)C[C@H]4C)C2=O)cc1. The number of thioether (sulfide) groups is 1. The van der Waals surface area contributed by atoms with Crippen molar-refractivity contribution in [2.75, 3.05) is 11.9 Å². The summed E-state index contributed by atoms with van der Waals surface area (Å²) in [6.07, 6.45) is 2.97. The molecule has 0 N–H and O–H groups in total. The molecular weight excluding hydrogens is 404 g/mol. The first-order valence-electron chi connectivity index (χ1n) is 10.8. The minimum Gasteiger partial charge on any atom is -0.369 e. The van der Waals surface area contributed by atoms with Gasteiger partial charge in [0, 0.05) is 18.3 Å². The van der Waals surface area contributed by atoms with E-state index < -0.39 is 0 Å². The smallest absolute Gasteiger partial charge is 0.293 e. The molecule has 2 aromatic rings. The van der Waals surface area contributed by atoms with Crippen molar-refractivity contribution in [3.8, 4) is 0 Å². The molecule has 0 bridgehead atoms. The molecule has 1 fully saturated rings. The number of amides is 2. The first kappa shape index (κ1) is 21.7. The van der Waals surface area contributed by atoms with Gasteiger partial charge in [-0.15, -0.1) is 0 Å². The molecule has 1 atom stereocenters. The Kier molecular flexibility index (Phi) is 5.50. The highest BCUT2D eigenvalue weighted by Gasteiger charge is 2.36. The van der Waals surface area contributed by atoms with E-state index in [1.807, 2.05) is 37.3 Å². The molecule has 4 rings (SSSR count). The second-order valence-electron chi connectivity index (χ2n) is 9.50. The fourth-order valence-corrected chi connectivity index (χ4v) is 5.37. The highest BCUT2D eigenvalue weighted by atomic mass is 32.2. The van der Waals surface area contributed by atoms with Crippen LogP contribution >= 0.6 is 11.8 Å². The Balaban J connectivity index is 1.63. The van der Waals surface area contributed by atoms with Crippen LogP contribution in [0.2, 0.25) is 0 Å². The van der Waals surface area contributed by atoms with E-state index in [1.165, 1.54) is 16.2 Å². The average Bonchev–Trinajstić information content (AvgIpc) is 2.96. The lowest BCUT2D eigenvalue weighted by molar-refractivity contribution is -0.123. The number of anilines is 1. The van der Waals surface area contributed by atoms with Gasteiger partial charge in [0.1, 0.15) is 0 Å². The van der Waals surface area contributed by atoms with Gasteiger partial charge in [-0.3, -0.25) is 14.5 Å². The highest BCUT2D eigenvalue weighted by Crippen LogP contribution is 2.44. The molecule has 4 nitrogen and oxygen atoms in total. The van der Waals surface area contributed by atoms with Gasteiger partial charge in [0.15, 0.2) is 0 Å². The third-order valence-corrected chi connectivity index (χ3v) is 7.55. The molecule has 0 saturated carbocycles. The van der Waals surface area contributed by atoms with Gasteiger partial charge in [-0.25, -0.2) is 0 Å². The Morgan fingerprint density at radius 2 is 1.81 bits per heavy atom. The number of aryl methyl sites for hydroxylation is 2. The van der Waals surface area contributed by atoms with Gasteiger partial charge in [0.25, 0.3) is 11.1 Å². The quantitative estimate of drug-likeness (QED) is 0.535. The van der Waals surface area contributed by atoms with Crippen molar-refractivity contribution in [3.63, 3.8) is 0 Å². The lowest BCUT2D eigenvalue weighted by Gasteiger charge is -2.45. The molecule has 2 aliphatic rings. The molecule has 162 valence electrons. The maximum atomic E-state index is 13.0. The molecule has 0 aliphatic carbocycles. The number of carbonyl (C=O) groups excluding carboxylic acids is 2. The van der Waals surface area contributed by atoms with Gasteiger partial charge in [0.05, 0.1) is 11.4 Å². The van der Waals surface area contributed by atoms with Crippen LogP contribution in [-0.2, 0) is 11.3 Å². The van der Waals surface area contributed by atoms with Crippen LogP contribution < -0.4 is 4.90 Å². The largest absolute Gasteiger partial charge is 0.369 e. The van der Waals surface area contributed by atoms with E-state index in [9.17, 15) is 9.59 Å². The zero-order valence-electron chi connectivity index (χ0n) is 19.2. The Labute approximate surface area is 189 Å². The monoisotopic (exact) mass is 434 g/mol. The summed E-state index contributed by atoms with van der Waals surface area (Å²) in [6, 6.07) is 12.4. The number of nitrogens with zero attached hydrogens (tertiary/aromatic N) is 2. The average molecular weight is 435 g/mol. The summed E-state index contributed by atoms with van der Waals surface area (Å²) in [5.41, 5.74) is 6.91. The molecule has 31 heavy (non-hydrogen) atoms. The second-order valence-corrected chi connectivity index (χ2v) is 10.5. The number of benzene rings is 2. The first-order valence-corrected chi connectivity index (χ1v) is 11.6. The molecule has 0 unspecified atom stereocenters. The fraction of sp³-hybridized carbons (Fsp3) is 0.385. The molecule has 2 amide bonds. The third kappa shape index (κ3) is 4.03. The maximum Gasteiger partial charge on any atom is 0.293 e. The molecule has 2 aliphatic heterocycles. The standard InChI is InChI=1S/C26H30N2O2S/c1-16-7-9-19(10-8-16)15-28-24(29)23(31-25(28)30)13-20-12-21-18(3)14-26(4,5)27(6)22(21)11-17(20)2/h7-13,18H,14-15H2,1-6H3/b23-13-/t18-/m1/s1. The molecule has 2 heterocycles. The number of carbonyl (C=O) groups is 2. The summed E-state index contributed by atoms with van der Waals surface area (Å²) in [6.45, 7) is 11.2. The third-order valence-electron chi connectivity index (χ3n) is 6.64. The number of imide groups is 1. The Hall–Kier alpha value is -2.53. The number of hydrogen-bond acceptors (Lipinski definition) is 4. The van der Waals surface area contributed by atoms with E-state index in [1.54, 1.807) is 0 Å². The zero-order valence-corrected chi connectivity index (χ0v) is 20.0. The molecule has 5 heteroatoms. The molecule has 0 radical (unpaired) electrons. The lowest BCUT2D eigenvalue weighted by atomic mass is 9.79. The summed E-state index contributed by atoms with van der Waals surface area (Å²) >= 11 is 1.03. The highest BCUT2D eigenvalue weighted by molar-refractivity contribution is 8.18. The van der Waals surface area contributed by atoms with Gasteiger partial charge in [-0.1, -0.05) is 36.8 Å². The van der Waals surface area contributed by atoms with Crippen molar-refractivity contribution in [2.45, 2.75) is 59.0 Å². The summed E-state index contributed by atoms with van der Waals surface area (Å²) in [5, 5.41) is -0.206. The van der Waals surface area contributed by atoms with Crippen LogP contribution in [0.25, 0.3) is 6.08 Å². The maximum absolute atomic E-state index is 13.0. The summed E-state index contributed by atoms with van der Waals surface area (Å²) in [5.74, 6) is 0.226. The van der Waals surface area contributed by atoms with Crippen molar-refractivity contribution in [1.29, 1.82) is 0 Å². The van der Waals surface area contributed by atoms with Crippen LogP contribution in [-0.4, -0.2) is 28.6 Å². The Morgan fingerprint density at radius 1 is 1.13 bits per heavy atom. The van der Waals surface area contributed by atoms with Crippen molar-refractivity contribution in [1.82, 2.24) is 4.90 Å². The number of hydrogen-bond donors (Lipinski definition) is 0. The van der Waals surface area contributed by atoms with Crippen molar-refractivity contribution < 1.29 is 9.59 Å². The molecule has 1 saturated heterocycles. The lowest BCUT2D eigenvalue weighted by Crippen LogP contribution is -2.45. The predicted molar refractivity (Wildman–Crippen MR) is 129 cm³/mol. The van der Waals surface area contributed by atoms with Crippen LogP contribution in [0, 0.1) is 13.8 Å². The van der Waals surface area contributed by atoms with E-state index >= 15 is 0 Å². The van der Waals surface area contributed by atoms with Crippen LogP contribution in [0.5, 0.6) is 0 Å².